The van der Waals surface area contributed by atoms with E-state index in [0.29, 0.717) is 11.0 Å². The molecule has 0 unspecified atom stereocenters. The zero-order valence-electron chi connectivity index (χ0n) is 9.60. The molecule has 1 aromatic carbocycles. The van der Waals surface area contributed by atoms with Crippen molar-refractivity contribution in [2.45, 2.75) is 26.4 Å². The van der Waals surface area contributed by atoms with E-state index in [1.54, 1.807) is 24.3 Å². The SMILES string of the molecule is [B+2]c1ccc(C(=O)OC(C)(C)C)cc1.[OH-].[OH-]. The van der Waals surface area contributed by atoms with Gasteiger partial charge in [-0.25, -0.2) is 0 Å². The Morgan fingerprint density at radius 1 is 1.12 bits per heavy atom. The molecular weight excluding hydrogens is 207 g/mol. The van der Waals surface area contributed by atoms with Gasteiger partial charge in [0.1, 0.15) is 0 Å². The molecule has 0 atom stereocenters. The Kier molecular flexibility index (Phi) is 6.73. The topological polar surface area (TPSA) is 86.3 Å². The molecule has 0 aromatic heterocycles. The Morgan fingerprint density at radius 2 is 1.56 bits per heavy atom. The molecule has 2 N–H and O–H groups in total. The van der Waals surface area contributed by atoms with Gasteiger partial charge in [0.05, 0.1) is 0 Å². The molecule has 0 amide bonds. The second kappa shape index (κ2) is 6.30. The van der Waals surface area contributed by atoms with Crippen molar-refractivity contribution in [3.63, 3.8) is 0 Å². The molecule has 0 heterocycles. The van der Waals surface area contributed by atoms with Gasteiger partial charge in [-0.3, -0.25) is 0 Å². The molecule has 0 spiro atoms. The summed E-state index contributed by atoms with van der Waals surface area (Å²) in [7, 11) is 5.50. The van der Waals surface area contributed by atoms with Crippen LogP contribution >= 0.6 is 0 Å². The van der Waals surface area contributed by atoms with Crippen LogP contribution in [0.2, 0.25) is 0 Å². The first-order valence-corrected chi connectivity index (χ1v) is 4.47. The van der Waals surface area contributed by atoms with E-state index in [9.17, 15) is 4.79 Å². The van der Waals surface area contributed by atoms with Gasteiger partial charge in [0.15, 0.2) is 0 Å². The van der Waals surface area contributed by atoms with Crippen molar-refractivity contribution in [3.8, 4) is 0 Å². The van der Waals surface area contributed by atoms with Crippen molar-refractivity contribution in [2.24, 2.45) is 0 Å². The smallest absolute Gasteiger partial charge is 0.870 e. The Balaban J connectivity index is 0. The molecule has 0 saturated heterocycles. The van der Waals surface area contributed by atoms with Crippen LogP contribution in [0, 0.1) is 0 Å². The van der Waals surface area contributed by atoms with Gasteiger partial charge in [-0.1, -0.05) is 0 Å². The quantitative estimate of drug-likeness (QED) is 0.525. The first-order valence-electron chi connectivity index (χ1n) is 4.47. The van der Waals surface area contributed by atoms with Gasteiger partial charge >= 0.3 is 85.0 Å². The van der Waals surface area contributed by atoms with E-state index in [4.69, 9.17) is 12.6 Å². The van der Waals surface area contributed by atoms with Crippen LogP contribution in [-0.4, -0.2) is 30.4 Å². The van der Waals surface area contributed by atoms with Gasteiger partial charge in [-0.15, -0.1) is 0 Å². The molecule has 1 aromatic rings. The van der Waals surface area contributed by atoms with Crippen LogP contribution in [0.15, 0.2) is 24.3 Å². The van der Waals surface area contributed by atoms with E-state index in [2.05, 4.69) is 0 Å². The van der Waals surface area contributed by atoms with Crippen molar-refractivity contribution in [2.75, 3.05) is 0 Å². The maximum absolute atomic E-state index is 11.5. The van der Waals surface area contributed by atoms with Gasteiger partial charge < -0.3 is 11.0 Å². The van der Waals surface area contributed by atoms with Crippen LogP contribution in [0.3, 0.4) is 0 Å². The van der Waals surface area contributed by atoms with E-state index in [0.717, 1.165) is 0 Å². The fraction of sp³-hybridized carbons (Fsp3) is 0.364. The molecule has 0 fully saturated rings. The average Bonchev–Trinajstić information content (AvgIpc) is 2.02. The largest absolute Gasteiger partial charge is 0.870 e. The molecule has 0 aliphatic heterocycles. The number of benzene rings is 1. The summed E-state index contributed by atoms with van der Waals surface area (Å²) in [5.41, 5.74) is 0.699. The van der Waals surface area contributed by atoms with E-state index in [1.165, 1.54) is 0 Å². The molecule has 4 nitrogen and oxygen atoms in total. The van der Waals surface area contributed by atoms with Crippen molar-refractivity contribution in [3.05, 3.63) is 29.8 Å². The Labute approximate surface area is 96.6 Å². The maximum Gasteiger partial charge on any atom is -0.870 e. The van der Waals surface area contributed by atoms with Crippen LogP contribution in [-0.2, 0) is 4.74 Å². The van der Waals surface area contributed by atoms with Gasteiger partial charge in [0, 0.05) is 0 Å². The number of carbonyl (C=O) groups excluding carboxylic acids is 1. The summed E-state index contributed by atoms with van der Waals surface area (Å²) in [4.78, 5) is 11.5. The first kappa shape index (κ1) is 17.1. The monoisotopic (exact) mass is 222 g/mol. The minimum absolute atomic E-state index is 0. The van der Waals surface area contributed by atoms with Gasteiger partial charge in [0.25, 0.3) is 0 Å². The molecule has 0 aliphatic carbocycles. The average molecular weight is 222 g/mol. The van der Waals surface area contributed by atoms with E-state index in [-0.39, 0.29) is 16.9 Å². The second-order valence-corrected chi connectivity index (χ2v) is 4.12. The summed E-state index contributed by atoms with van der Waals surface area (Å²) in [6.45, 7) is 5.51. The molecule has 0 radical (unpaired) electrons. The third-order valence-corrected chi connectivity index (χ3v) is 1.55. The first-order chi connectivity index (χ1) is 6.38. The van der Waals surface area contributed by atoms with Crippen molar-refractivity contribution in [1.82, 2.24) is 0 Å². The van der Waals surface area contributed by atoms with Gasteiger partial charge in [-0.05, 0) is 0 Å². The van der Waals surface area contributed by atoms with Crippen LogP contribution in [0.4, 0.5) is 0 Å². The number of hydrogen-bond acceptors (Lipinski definition) is 4. The van der Waals surface area contributed by atoms with Crippen molar-refractivity contribution in [1.29, 1.82) is 0 Å². The van der Waals surface area contributed by atoms with Crippen LogP contribution in [0.5, 0.6) is 0 Å². The molecule has 86 valence electrons. The van der Waals surface area contributed by atoms with Gasteiger partial charge in [-0.2, -0.15) is 0 Å². The fourth-order valence-electron chi connectivity index (χ4n) is 0.956. The van der Waals surface area contributed by atoms with Crippen LogP contribution in [0.25, 0.3) is 0 Å². The molecule has 0 bridgehead atoms. The van der Waals surface area contributed by atoms with Crippen molar-refractivity contribution >= 4 is 19.3 Å². The zero-order chi connectivity index (χ0) is 10.8. The Bertz CT molecular complexity index is 327. The molecule has 0 saturated carbocycles. The number of ether oxygens (including phenoxy) is 1. The van der Waals surface area contributed by atoms with Crippen LogP contribution in [0.1, 0.15) is 31.1 Å². The molecule has 1 rings (SSSR count). The van der Waals surface area contributed by atoms with E-state index >= 15 is 0 Å². The minimum atomic E-state index is -0.460. The Hall–Kier alpha value is -1.33. The molecule has 5 heteroatoms. The number of esters is 1. The van der Waals surface area contributed by atoms with Crippen molar-refractivity contribution < 1.29 is 20.5 Å². The molecular formula is C11H15BO4. The third kappa shape index (κ3) is 5.53. The molecule has 16 heavy (non-hydrogen) atoms. The summed E-state index contributed by atoms with van der Waals surface area (Å²) < 4.78 is 5.18. The summed E-state index contributed by atoms with van der Waals surface area (Å²) in [5, 5.41) is 0. The van der Waals surface area contributed by atoms with E-state index < -0.39 is 5.60 Å². The number of carbonyl (C=O) groups is 1. The predicted octanol–water partition coefficient (Wildman–Crippen LogP) is 1.08. The van der Waals surface area contributed by atoms with Gasteiger partial charge in [0.2, 0.25) is 0 Å². The molecule has 0 aliphatic rings. The fourth-order valence-corrected chi connectivity index (χ4v) is 0.956. The summed E-state index contributed by atoms with van der Waals surface area (Å²) in [6.07, 6.45) is 0. The number of hydrogen-bond donors (Lipinski definition) is 0. The second-order valence-electron chi connectivity index (χ2n) is 4.12. The normalized spacial score (nSPS) is 9.81. The Morgan fingerprint density at radius 3 is 1.94 bits per heavy atom. The minimum Gasteiger partial charge on any atom is -0.870 e. The summed E-state index contributed by atoms with van der Waals surface area (Å²) in [5.74, 6) is -0.322. The number of rotatable bonds is 1. The standard InChI is InChI=1S/C11H13BO2.2H2O/c1-11(2,3)14-10(13)8-4-6-9(12)7-5-8;;/h4-7H,1-3H3;2*1H2/q+2;;/p-2. The summed E-state index contributed by atoms with van der Waals surface area (Å²) in [6, 6.07) is 6.67. The zero-order valence-corrected chi connectivity index (χ0v) is 9.60. The van der Waals surface area contributed by atoms with E-state index in [1.807, 2.05) is 20.8 Å². The van der Waals surface area contributed by atoms with Crippen LogP contribution < -0.4 is 5.46 Å². The summed E-state index contributed by atoms with van der Waals surface area (Å²) >= 11 is 0. The predicted molar refractivity (Wildman–Crippen MR) is 60.9 cm³/mol. The maximum atomic E-state index is 11.5. The third-order valence-electron chi connectivity index (χ3n) is 1.55.